The number of urea groups is 1. The average molecular weight is 461 g/mol. The number of fused-ring (bicyclic) bond motifs is 1. The molecule has 31 heavy (non-hydrogen) atoms. The molecular weight excluding hydrogens is 435 g/mol. The second-order valence-corrected chi connectivity index (χ2v) is 8.88. The van der Waals surface area contributed by atoms with Crippen LogP contribution in [0, 0.1) is 0 Å². The standard InChI is InChI=1S/C22H26Cl2N6O/c1-6-30(7-2)20-25-12-13-11-14(17-15(23)9-8-10-16(17)24)19(26-18(13)27-20)28-21(31)29-22(3,4)5/h8-12H,6-7H2,1-5H3,(H2,25,26,27,28,29,31). The highest BCUT2D eigenvalue weighted by Crippen LogP contribution is 2.39. The molecule has 0 aliphatic rings. The summed E-state index contributed by atoms with van der Waals surface area (Å²) < 4.78 is 0. The van der Waals surface area contributed by atoms with E-state index in [1.165, 1.54) is 0 Å². The molecule has 0 radical (unpaired) electrons. The van der Waals surface area contributed by atoms with Crippen molar-refractivity contribution in [2.45, 2.75) is 40.2 Å². The Bertz CT molecular complexity index is 1090. The lowest BCUT2D eigenvalue weighted by Gasteiger charge is -2.22. The Morgan fingerprint density at radius 1 is 1.10 bits per heavy atom. The molecule has 0 spiro atoms. The van der Waals surface area contributed by atoms with Crippen molar-refractivity contribution in [3.8, 4) is 11.1 Å². The van der Waals surface area contributed by atoms with Gasteiger partial charge in [-0.25, -0.2) is 14.8 Å². The Balaban J connectivity index is 2.18. The lowest BCUT2D eigenvalue weighted by atomic mass is 10.0. The third-order valence-electron chi connectivity index (χ3n) is 4.55. The van der Waals surface area contributed by atoms with E-state index < -0.39 is 5.54 Å². The number of benzene rings is 1. The van der Waals surface area contributed by atoms with Gasteiger partial charge in [0.2, 0.25) is 5.95 Å². The van der Waals surface area contributed by atoms with Crippen molar-refractivity contribution in [2.75, 3.05) is 23.3 Å². The molecule has 0 saturated heterocycles. The number of anilines is 2. The largest absolute Gasteiger partial charge is 0.341 e. The number of amides is 2. The van der Waals surface area contributed by atoms with Crippen LogP contribution in [0.2, 0.25) is 10.0 Å². The van der Waals surface area contributed by atoms with Crippen molar-refractivity contribution in [3.05, 3.63) is 40.5 Å². The summed E-state index contributed by atoms with van der Waals surface area (Å²) in [6.45, 7) is 11.3. The number of aromatic nitrogens is 3. The van der Waals surface area contributed by atoms with Crippen molar-refractivity contribution in [1.82, 2.24) is 20.3 Å². The minimum absolute atomic E-state index is 0.313. The van der Waals surface area contributed by atoms with E-state index in [4.69, 9.17) is 23.2 Å². The zero-order valence-electron chi connectivity index (χ0n) is 18.3. The molecule has 9 heteroatoms. The van der Waals surface area contributed by atoms with Gasteiger partial charge < -0.3 is 10.2 Å². The van der Waals surface area contributed by atoms with Crippen LogP contribution in [0.5, 0.6) is 0 Å². The maximum absolute atomic E-state index is 12.6. The van der Waals surface area contributed by atoms with E-state index in [9.17, 15) is 4.79 Å². The molecule has 7 nitrogen and oxygen atoms in total. The molecule has 0 aliphatic heterocycles. The van der Waals surface area contributed by atoms with Gasteiger partial charge in [-0.15, -0.1) is 0 Å². The van der Waals surface area contributed by atoms with Gasteiger partial charge in [0.15, 0.2) is 5.65 Å². The summed E-state index contributed by atoms with van der Waals surface area (Å²) in [6.07, 6.45) is 1.72. The SMILES string of the molecule is CCN(CC)c1ncc2cc(-c3c(Cl)cccc3Cl)c(NC(=O)NC(C)(C)C)nc2n1. The molecule has 0 fully saturated rings. The predicted molar refractivity (Wildman–Crippen MR) is 128 cm³/mol. The normalized spacial score (nSPS) is 11.5. The Labute approximate surface area is 192 Å². The third-order valence-corrected chi connectivity index (χ3v) is 5.18. The first kappa shape index (κ1) is 23.0. The Hall–Kier alpha value is -2.64. The molecule has 0 bridgehead atoms. The Morgan fingerprint density at radius 2 is 1.74 bits per heavy atom. The molecule has 3 rings (SSSR count). The van der Waals surface area contributed by atoms with E-state index in [0.29, 0.717) is 44.0 Å². The second kappa shape index (κ2) is 9.24. The molecule has 2 amide bonds. The molecule has 0 atom stereocenters. The molecule has 2 N–H and O–H groups in total. The second-order valence-electron chi connectivity index (χ2n) is 8.07. The fourth-order valence-corrected chi connectivity index (χ4v) is 3.73. The maximum atomic E-state index is 12.6. The van der Waals surface area contributed by atoms with Crippen LogP contribution < -0.4 is 15.5 Å². The summed E-state index contributed by atoms with van der Waals surface area (Å²) in [7, 11) is 0. The zero-order valence-corrected chi connectivity index (χ0v) is 19.8. The van der Waals surface area contributed by atoms with Crippen molar-refractivity contribution < 1.29 is 4.79 Å². The van der Waals surface area contributed by atoms with Gasteiger partial charge in [0.25, 0.3) is 0 Å². The summed E-state index contributed by atoms with van der Waals surface area (Å²) in [5.41, 5.74) is 1.22. The topological polar surface area (TPSA) is 83.0 Å². The van der Waals surface area contributed by atoms with Crippen molar-refractivity contribution in [1.29, 1.82) is 0 Å². The molecule has 2 heterocycles. The number of rotatable bonds is 5. The van der Waals surface area contributed by atoms with E-state index in [1.807, 2.05) is 45.6 Å². The van der Waals surface area contributed by atoms with Crippen molar-refractivity contribution >= 4 is 52.0 Å². The van der Waals surface area contributed by atoms with Gasteiger partial charge >= 0.3 is 6.03 Å². The molecule has 0 unspecified atom stereocenters. The number of carbonyl (C=O) groups is 1. The van der Waals surface area contributed by atoms with Crippen LogP contribution in [0.15, 0.2) is 30.5 Å². The van der Waals surface area contributed by atoms with Crippen LogP contribution in [-0.2, 0) is 0 Å². The van der Waals surface area contributed by atoms with Gasteiger partial charge in [-0.1, -0.05) is 29.3 Å². The molecule has 3 aromatic rings. The van der Waals surface area contributed by atoms with E-state index in [1.54, 1.807) is 24.4 Å². The predicted octanol–water partition coefficient (Wildman–Crippen LogP) is 5.76. The monoisotopic (exact) mass is 460 g/mol. The third kappa shape index (κ3) is 5.35. The molecule has 164 valence electrons. The summed E-state index contributed by atoms with van der Waals surface area (Å²) >= 11 is 12.9. The van der Waals surface area contributed by atoms with Gasteiger partial charge in [-0.2, -0.15) is 4.98 Å². The maximum Gasteiger partial charge on any atom is 0.320 e. The summed E-state index contributed by atoms with van der Waals surface area (Å²) in [5, 5.41) is 7.33. The van der Waals surface area contributed by atoms with Gasteiger partial charge in [0, 0.05) is 41.3 Å². The Kier molecular flexibility index (Phi) is 6.86. The van der Waals surface area contributed by atoms with E-state index in [2.05, 4.69) is 25.6 Å². The van der Waals surface area contributed by atoms with Crippen molar-refractivity contribution in [3.63, 3.8) is 0 Å². The molecular formula is C22H26Cl2N6O. The number of halogens is 2. The highest BCUT2D eigenvalue weighted by atomic mass is 35.5. The number of nitrogens with one attached hydrogen (secondary N) is 2. The van der Waals surface area contributed by atoms with Crippen molar-refractivity contribution in [2.24, 2.45) is 0 Å². The van der Waals surface area contributed by atoms with Crippen LogP contribution in [0.3, 0.4) is 0 Å². The number of hydrogen-bond donors (Lipinski definition) is 2. The van der Waals surface area contributed by atoms with Crippen LogP contribution in [0.4, 0.5) is 16.6 Å². The average Bonchev–Trinajstić information content (AvgIpc) is 2.67. The minimum Gasteiger partial charge on any atom is -0.341 e. The van der Waals surface area contributed by atoms with Gasteiger partial charge in [0.05, 0.1) is 10.0 Å². The fourth-order valence-electron chi connectivity index (χ4n) is 3.13. The lowest BCUT2D eigenvalue weighted by molar-refractivity contribution is 0.243. The summed E-state index contributed by atoms with van der Waals surface area (Å²) in [5.74, 6) is 0.895. The molecule has 2 aromatic heterocycles. The summed E-state index contributed by atoms with van der Waals surface area (Å²) in [4.78, 5) is 28.4. The molecule has 0 saturated carbocycles. The molecule has 1 aromatic carbocycles. The zero-order chi connectivity index (χ0) is 22.8. The van der Waals surface area contributed by atoms with Gasteiger partial charge in [0.1, 0.15) is 5.82 Å². The number of nitrogens with zero attached hydrogens (tertiary/aromatic N) is 4. The number of carbonyl (C=O) groups excluding carboxylic acids is 1. The first-order valence-corrected chi connectivity index (χ1v) is 10.8. The highest BCUT2D eigenvalue weighted by Gasteiger charge is 2.20. The molecule has 0 aliphatic carbocycles. The van der Waals surface area contributed by atoms with Crippen LogP contribution in [0.25, 0.3) is 22.2 Å². The lowest BCUT2D eigenvalue weighted by Crippen LogP contribution is -2.43. The number of hydrogen-bond acceptors (Lipinski definition) is 5. The summed E-state index contributed by atoms with van der Waals surface area (Å²) in [6, 6.07) is 6.70. The van der Waals surface area contributed by atoms with E-state index >= 15 is 0 Å². The first-order valence-electron chi connectivity index (χ1n) is 10.1. The Morgan fingerprint density at radius 3 is 2.32 bits per heavy atom. The first-order chi connectivity index (χ1) is 14.6. The van der Waals surface area contributed by atoms with Gasteiger partial charge in [-0.3, -0.25) is 5.32 Å². The minimum atomic E-state index is -0.415. The van der Waals surface area contributed by atoms with Gasteiger partial charge in [-0.05, 0) is 52.8 Å². The number of pyridine rings is 1. The fraction of sp³-hybridized carbons (Fsp3) is 0.364. The van der Waals surface area contributed by atoms with Crippen LogP contribution in [0.1, 0.15) is 34.6 Å². The quantitative estimate of drug-likeness (QED) is 0.505. The highest BCUT2D eigenvalue weighted by molar-refractivity contribution is 6.39. The van der Waals surface area contributed by atoms with Crippen LogP contribution >= 0.6 is 23.2 Å². The van der Waals surface area contributed by atoms with E-state index in [-0.39, 0.29) is 6.03 Å². The van der Waals surface area contributed by atoms with E-state index in [0.717, 1.165) is 13.1 Å². The smallest absolute Gasteiger partial charge is 0.320 e. The van der Waals surface area contributed by atoms with Crippen LogP contribution in [-0.4, -0.2) is 39.6 Å².